The third-order valence-electron chi connectivity index (χ3n) is 2.86. The number of rotatable bonds is 3. The van der Waals surface area contributed by atoms with Crippen LogP contribution >= 0.6 is 0 Å². The van der Waals surface area contributed by atoms with Crippen LogP contribution in [0.1, 0.15) is 41.0 Å². The smallest absolute Gasteiger partial charge is 0.389 e. The van der Waals surface area contributed by atoms with Crippen molar-refractivity contribution in [3.63, 3.8) is 0 Å². The minimum absolute atomic E-state index is 0.0339. The van der Waals surface area contributed by atoms with Crippen molar-refractivity contribution in [2.24, 2.45) is 11.3 Å². The molecule has 0 bridgehead atoms. The number of hydrogen-bond acceptors (Lipinski definition) is 1. The number of hydrogen-bond donors (Lipinski definition) is 1. The monoisotopic (exact) mass is 212 g/mol. The van der Waals surface area contributed by atoms with Crippen LogP contribution in [0, 0.1) is 11.3 Å². The van der Waals surface area contributed by atoms with E-state index < -0.39 is 17.2 Å². The minimum Gasteiger partial charge on any atom is -0.389 e. The van der Waals surface area contributed by atoms with Crippen molar-refractivity contribution >= 4 is 0 Å². The summed E-state index contributed by atoms with van der Waals surface area (Å²) in [4.78, 5) is 0. The first-order valence-electron chi connectivity index (χ1n) is 4.71. The van der Waals surface area contributed by atoms with Gasteiger partial charge >= 0.3 is 6.18 Å². The maximum atomic E-state index is 12.6. The molecule has 86 valence electrons. The van der Waals surface area contributed by atoms with E-state index in [9.17, 15) is 18.3 Å². The molecule has 0 rings (SSSR count). The fourth-order valence-electron chi connectivity index (χ4n) is 1.36. The molecule has 4 heteroatoms. The van der Waals surface area contributed by atoms with Gasteiger partial charge in [0.05, 0.1) is 11.0 Å². The number of halogens is 3. The molecule has 0 amide bonds. The van der Waals surface area contributed by atoms with E-state index in [1.807, 2.05) is 0 Å². The van der Waals surface area contributed by atoms with Crippen molar-refractivity contribution in [1.29, 1.82) is 0 Å². The standard InChI is InChI=1S/C10H19F3O/c1-7(2)6-9(5,14)8(3,4)10(11,12)13/h7,14H,6H2,1-5H3. The van der Waals surface area contributed by atoms with E-state index in [0.717, 1.165) is 13.8 Å². The Morgan fingerprint density at radius 3 is 1.64 bits per heavy atom. The van der Waals surface area contributed by atoms with Gasteiger partial charge in [-0.25, -0.2) is 0 Å². The van der Waals surface area contributed by atoms with Crippen LogP contribution < -0.4 is 0 Å². The summed E-state index contributed by atoms with van der Waals surface area (Å²) in [5.41, 5.74) is -3.80. The lowest BCUT2D eigenvalue weighted by Gasteiger charge is -2.42. The Kier molecular flexibility index (Phi) is 3.65. The summed E-state index contributed by atoms with van der Waals surface area (Å²) in [6.45, 7) is 6.91. The van der Waals surface area contributed by atoms with Crippen molar-refractivity contribution in [3.8, 4) is 0 Å². The van der Waals surface area contributed by atoms with E-state index in [1.165, 1.54) is 6.92 Å². The van der Waals surface area contributed by atoms with E-state index in [-0.39, 0.29) is 12.3 Å². The first-order chi connectivity index (χ1) is 5.92. The maximum absolute atomic E-state index is 12.6. The molecule has 0 aromatic heterocycles. The molecular weight excluding hydrogens is 193 g/mol. The van der Waals surface area contributed by atoms with Crippen LogP contribution in [0.5, 0.6) is 0 Å². The van der Waals surface area contributed by atoms with Crippen LogP contribution in [-0.4, -0.2) is 16.9 Å². The lowest BCUT2D eigenvalue weighted by Crippen LogP contribution is -2.52. The molecule has 0 aromatic carbocycles. The zero-order chi connectivity index (χ0) is 11.8. The summed E-state index contributed by atoms with van der Waals surface area (Å²) in [5.74, 6) is 0.0339. The molecule has 0 aromatic rings. The second kappa shape index (κ2) is 3.72. The van der Waals surface area contributed by atoms with Crippen LogP contribution in [0.2, 0.25) is 0 Å². The lowest BCUT2D eigenvalue weighted by molar-refractivity contribution is -0.270. The van der Waals surface area contributed by atoms with Gasteiger partial charge in [0.15, 0.2) is 0 Å². The average Bonchev–Trinajstić information content (AvgIpc) is 1.80. The van der Waals surface area contributed by atoms with Crippen molar-refractivity contribution in [3.05, 3.63) is 0 Å². The van der Waals surface area contributed by atoms with E-state index in [4.69, 9.17) is 0 Å². The van der Waals surface area contributed by atoms with Gasteiger partial charge in [-0.2, -0.15) is 13.2 Å². The molecule has 1 atom stereocenters. The molecular formula is C10H19F3O. The number of alkyl halides is 3. The third-order valence-corrected chi connectivity index (χ3v) is 2.86. The molecule has 1 N–H and O–H groups in total. The zero-order valence-corrected chi connectivity index (χ0v) is 9.37. The second-order valence-electron chi connectivity index (χ2n) is 4.99. The van der Waals surface area contributed by atoms with Crippen LogP contribution in [0.4, 0.5) is 13.2 Å². The largest absolute Gasteiger partial charge is 0.396 e. The Bertz CT molecular complexity index is 192. The summed E-state index contributed by atoms with van der Waals surface area (Å²) in [7, 11) is 0. The Balaban J connectivity index is 4.88. The first-order valence-corrected chi connectivity index (χ1v) is 4.71. The lowest BCUT2D eigenvalue weighted by atomic mass is 9.71. The molecule has 0 saturated heterocycles. The van der Waals surface area contributed by atoms with E-state index in [2.05, 4.69) is 0 Å². The summed E-state index contributed by atoms with van der Waals surface area (Å²) >= 11 is 0. The second-order valence-corrected chi connectivity index (χ2v) is 4.99. The van der Waals surface area contributed by atoms with Crippen LogP contribution in [0.25, 0.3) is 0 Å². The highest BCUT2D eigenvalue weighted by Crippen LogP contribution is 2.47. The molecule has 0 heterocycles. The molecule has 0 aliphatic carbocycles. The highest BCUT2D eigenvalue weighted by atomic mass is 19.4. The summed E-state index contributed by atoms with van der Waals surface area (Å²) in [5, 5.41) is 9.83. The fourth-order valence-corrected chi connectivity index (χ4v) is 1.36. The summed E-state index contributed by atoms with van der Waals surface area (Å²) < 4.78 is 37.9. The van der Waals surface area contributed by atoms with Crippen LogP contribution in [0.3, 0.4) is 0 Å². The molecule has 0 aliphatic rings. The predicted octanol–water partition coefficient (Wildman–Crippen LogP) is 3.37. The molecule has 0 radical (unpaired) electrons. The van der Waals surface area contributed by atoms with E-state index in [1.54, 1.807) is 13.8 Å². The molecule has 1 nitrogen and oxygen atoms in total. The van der Waals surface area contributed by atoms with Crippen LogP contribution in [-0.2, 0) is 0 Å². The first kappa shape index (κ1) is 13.8. The van der Waals surface area contributed by atoms with Gasteiger partial charge in [0.1, 0.15) is 0 Å². The average molecular weight is 212 g/mol. The topological polar surface area (TPSA) is 20.2 Å². The Morgan fingerprint density at radius 1 is 1.07 bits per heavy atom. The van der Waals surface area contributed by atoms with Gasteiger partial charge in [-0.3, -0.25) is 0 Å². The van der Waals surface area contributed by atoms with Crippen molar-refractivity contribution < 1.29 is 18.3 Å². The third kappa shape index (κ3) is 2.62. The van der Waals surface area contributed by atoms with Gasteiger partial charge in [-0.05, 0) is 33.1 Å². The van der Waals surface area contributed by atoms with Gasteiger partial charge in [-0.15, -0.1) is 0 Å². The van der Waals surface area contributed by atoms with E-state index in [0.29, 0.717) is 0 Å². The van der Waals surface area contributed by atoms with Crippen molar-refractivity contribution in [2.75, 3.05) is 0 Å². The number of aliphatic hydroxyl groups is 1. The predicted molar refractivity (Wildman–Crippen MR) is 49.9 cm³/mol. The zero-order valence-electron chi connectivity index (χ0n) is 9.37. The Hall–Kier alpha value is -0.250. The van der Waals surface area contributed by atoms with Gasteiger partial charge in [0.2, 0.25) is 0 Å². The van der Waals surface area contributed by atoms with Gasteiger partial charge < -0.3 is 5.11 Å². The Labute approximate surface area is 83.3 Å². The van der Waals surface area contributed by atoms with Gasteiger partial charge in [-0.1, -0.05) is 13.8 Å². The highest BCUT2D eigenvalue weighted by Gasteiger charge is 2.57. The molecule has 14 heavy (non-hydrogen) atoms. The normalized spacial score (nSPS) is 18.4. The SMILES string of the molecule is CC(C)CC(C)(O)C(C)(C)C(F)(F)F. The molecule has 0 spiro atoms. The van der Waals surface area contributed by atoms with Crippen molar-refractivity contribution in [2.45, 2.75) is 52.8 Å². The summed E-state index contributed by atoms with van der Waals surface area (Å²) in [6.07, 6.45) is -4.25. The highest BCUT2D eigenvalue weighted by molar-refractivity contribution is 4.95. The maximum Gasteiger partial charge on any atom is 0.396 e. The van der Waals surface area contributed by atoms with E-state index >= 15 is 0 Å². The van der Waals surface area contributed by atoms with Gasteiger partial charge in [0.25, 0.3) is 0 Å². The van der Waals surface area contributed by atoms with Crippen molar-refractivity contribution in [1.82, 2.24) is 0 Å². The quantitative estimate of drug-likeness (QED) is 0.760. The molecule has 0 aliphatic heterocycles. The fraction of sp³-hybridized carbons (Fsp3) is 1.00. The summed E-state index contributed by atoms with van der Waals surface area (Å²) in [6, 6.07) is 0. The Morgan fingerprint density at radius 2 is 1.43 bits per heavy atom. The molecule has 1 unspecified atom stereocenters. The van der Waals surface area contributed by atoms with Crippen LogP contribution in [0.15, 0.2) is 0 Å². The van der Waals surface area contributed by atoms with Gasteiger partial charge in [0, 0.05) is 0 Å². The molecule has 0 saturated carbocycles. The minimum atomic E-state index is -4.38. The molecule has 0 fully saturated rings.